The minimum atomic E-state index is -3.40. The van der Waals surface area contributed by atoms with Crippen LogP contribution >= 0.6 is 0 Å². The minimum Gasteiger partial charge on any atom is -0.350 e. The van der Waals surface area contributed by atoms with Crippen molar-refractivity contribution in [3.63, 3.8) is 0 Å². The van der Waals surface area contributed by atoms with Crippen molar-refractivity contribution in [2.75, 3.05) is 13.1 Å². The Morgan fingerprint density at radius 2 is 1.64 bits per heavy atom. The Labute approximate surface area is 167 Å². The van der Waals surface area contributed by atoms with Crippen LogP contribution in [0.4, 0.5) is 0 Å². The summed E-state index contributed by atoms with van der Waals surface area (Å²) in [6.45, 7) is 3.17. The molecule has 1 heterocycles. The summed E-state index contributed by atoms with van der Waals surface area (Å²) in [6, 6.07) is 16.7. The quantitative estimate of drug-likeness (QED) is 0.771. The van der Waals surface area contributed by atoms with Gasteiger partial charge in [0.2, 0.25) is 15.9 Å². The van der Waals surface area contributed by atoms with Gasteiger partial charge in [-0.15, -0.1) is 0 Å². The molecule has 1 amide bonds. The molecule has 1 unspecified atom stereocenters. The standard InChI is InChI=1S/C22H28N2O3S/c1-18(20-8-4-2-5-9-20)23-22(25)15-12-19-10-13-21(14-11-19)28(26,27)24-16-6-3-7-17-24/h2,4-5,8-11,13-14,18H,3,6-7,12,15-17H2,1H3,(H,23,25). The summed E-state index contributed by atoms with van der Waals surface area (Å²) in [7, 11) is -3.40. The molecule has 3 rings (SSSR count). The molecule has 1 saturated heterocycles. The third-order valence-electron chi connectivity index (χ3n) is 5.19. The summed E-state index contributed by atoms with van der Waals surface area (Å²) >= 11 is 0. The zero-order valence-electron chi connectivity index (χ0n) is 16.3. The maximum atomic E-state index is 12.7. The van der Waals surface area contributed by atoms with E-state index in [0.29, 0.717) is 30.8 Å². The topological polar surface area (TPSA) is 66.5 Å². The van der Waals surface area contributed by atoms with Crippen LogP contribution in [0, 0.1) is 0 Å². The Balaban J connectivity index is 1.53. The van der Waals surface area contributed by atoms with Gasteiger partial charge in [0.25, 0.3) is 0 Å². The number of rotatable bonds is 7. The van der Waals surface area contributed by atoms with Gasteiger partial charge >= 0.3 is 0 Å². The molecule has 1 aliphatic rings. The minimum absolute atomic E-state index is 0.0126. The monoisotopic (exact) mass is 400 g/mol. The average Bonchev–Trinajstić information content (AvgIpc) is 2.74. The average molecular weight is 401 g/mol. The van der Waals surface area contributed by atoms with Gasteiger partial charge in [-0.1, -0.05) is 48.9 Å². The van der Waals surface area contributed by atoms with Gasteiger partial charge in [0.15, 0.2) is 0 Å². The predicted octanol–water partition coefficient (Wildman–Crippen LogP) is 3.67. The fourth-order valence-electron chi connectivity index (χ4n) is 3.48. The second kappa shape index (κ2) is 9.34. The van der Waals surface area contributed by atoms with Crippen LogP contribution in [-0.2, 0) is 21.2 Å². The first-order chi connectivity index (χ1) is 13.5. The van der Waals surface area contributed by atoms with Gasteiger partial charge in [-0.25, -0.2) is 8.42 Å². The lowest BCUT2D eigenvalue weighted by Gasteiger charge is -2.25. The van der Waals surface area contributed by atoms with E-state index in [1.165, 1.54) is 0 Å². The molecule has 0 radical (unpaired) electrons. The van der Waals surface area contributed by atoms with Crippen molar-refractivity contribution in [3.8, 4) is 0 Å². The zero-order valence-corrected chi connectivity index (χ0v) is 17.1. The molecule has 0 aromatic heterocycles. The lowest BCUT2D eigenvalue weighted by molar-refractivity contribution is -0.121. The van der Waals surface area contributed by atoms with E-state index < -0.39 is 10.0 Å². The molecule has 2 aromatic rings. The summed E-state index contributed by atoms with van der Waals surface area (Å²) in [5.74, 6) is -0.0126. The molecule has 5 nitrogen and oxygen atoms in total. The van der Waals surface area contributed by atoms with E-state index in [2.05, 4.69) is 5.32 Å². The fraction of sp³-hybridized carbons (Fsp3) is 0.409. The molecule has 28 heavy (non-hydrogen) atoms. The second-order valence-corrected chi connectivity index (χ2v) is 9.25. The molecule has 2 aromatic carbocycles. The Bertz CT molecular complexity index is 874. The van der Waals surface area contributed by atoms with Gasteiger partial charge in [-0.05, 0) is 49.4 Å². The molecule has 1 fully saturated rings. The number of nitrogens with one attached hydrogen (secondary N) is 1. The molecule has 150 valence electrons. The van der Waals surface area contributed by atoms with Gasteiger partial charge < -0.3 is 5.32 Å². The summed E-state index contributed by atoms with van der Waals surface area (Å²) in [6.07, 6.45) is 3.89. The molecule has 1 atom stereocenters. The van der Waals surface area contributed by atoms with Crippen molar-refractivity contribution in [2.45, 2.75) is 50.0 Å². The van der Waals surface area contributed by atoms with Gasteiger partial charge in [0.05, 0.1) is 10.9 Å². The molecule has 6 heteroatoms. The molecular formula is C22H28N2O3S. The van der Waals surface area contributed by atoms with Crippen molar-refractivity contribution < 1.29 is 13.2 Å². The third-order valence-corrected chi connectivity index (χ3v) is 7.11. The number of benzene rings is 2. The summed E-state index contributed by atoms with van der Waals surface area (Å²) in [5.41, 5.74) is 2.03. The number of piperidine rings is 1. The first kappa shape index (κ1) is 20.6. The lowest BCUT2D eigenvalue weighted by Crippen LogP contribution is -2.35. The van der Waals surface area contributed by atoms with Gasteiger partial charge in [0, 0.05) is 19.5 Å². The molecule has 0 bridgehead atoms. The van der Waals surface area contributed by atoms with Crippen molar-refractivity contribution >= 4 is 15.9 Å². The van der Waals surface area contributed by atoms with Crippen molar-refractivity contribution in [3.05, 3.63) is 65.7 Å². The van der Waals surface area contributed by atoms with E-state index in [1.807, 2.05) is 49.4 Å². The predicted molar refractivity (Wildman–Crippen MR) is 110 cm³/mol. The molecule has 0 aliphatic carbocycles. The zero-order chi connectivity index (χ0) is 20.0. The van der Waals surface area contributed by atoms with E-state index in [4.69, 9.17) is 0 Å². The number of aryl methyl sites for hydroxylation is 1. The van der Waals surface area contributed by atoms with Crippen LogP contribution in [0.1, 0.15) is 49.8 Å². The van der Waals surface area contributed by atoms with Crippen LogP contribution in [-0.4, -0.2) is 31.7 Å². The molecule has 1 aliphatic heterocycles. The largest absolute Gasteiger partial charge is 0.350 e. The Morgan fingerprint density at radius 1 is 1.00 bits per heavy atom. The van der Waals surface area contributed by atoms with Crippen molar-refractivity contribution in [1.82, 2.24) is 9.62 Å². The van der Waals surface area contributed by atoms with Gasteiger partial charge in [-0.3, -0.25) is 4.79 Å². The highest BCUT2D eigenvalue weighted by atomic mass is 32.2. The van der Waals surface area contributed by atoms with E-state index in [-0.39, 0.29) is 11.9 Å². The molecule has 0 saturated carbocycles. The van der Waals surface area contributed by atoms with Crippen LogP contribution < -0.4 is 5.32 Å². The Kier molecular flexibility index (Phi) is 6.86. The maximum absolute atomic E-state index is 12.7. The number of hydrogen-bond acceptors (Lipinski definition) is 3. The number of amides is 1. The van der Waals surface area contributed by atoms with Crippen LogP contribution in [0.25, 0.3) is 0 Å². The van der Waals surface area contributed by atoms with Crippen LogP contribution in [0.2, 0.25) is 0 Å². The number of carbonyl (C=O) groups is 1. The van der Waals surface area contributed by atoms with Crippen LogP contribution in [0.5, 0.6) is 0 Å². The highest BCUT2D eigenvalue weighted by Crippen LogP contribution is 2.21. The smallest absolute Gasteiger partial charge is 0.243 e. The number of carbonyl (C=O) groups excluding carboxylic acids is 1. The fourth-order valence-corrected chi connectivity index (χ4v) is 5.00. The summed E-state index contributed by atoms with van der Waals surface area (Å²) < 4.78 is 26.9. The molecule has 1 N–H and O–H groups in total. The van der Waals surface area contributed by atoms with Crippen molar-refractivity contribution in [2.24, 2.45) is 0 Å². The van der Waals surface area contributed by atoms with Gasteiger partial charge in [0.1, 0.15) is 0 Å². The number of hydrogen-bond donors (Lipinski definition) is 1. The van der Waals surface area contributed by atoms with Crippen molar-refractivity contribution in [1.29, 1.82) is 0 Å². The summed E-state index contributed by atoms with van der Waals surface area (Å²) in [4.78, 5) is 12.6. The van der Waals surface area contributed by atoms with E-state index in [1.54, 1.807) is 16.4 Å². The SMILES string of the molecule is CC(NC(=O)CCc1ccc(S(=O)(=O)N2CCCCC2)cc1)c1ccccc1. The molecular weight excluding hydrogens is 372 g/mol. The first-order valence-corrected chi connectivity index (χ1v) is 11.3. The molecule has 0 spiro atoms. The van der Waals surface area contributed by atoms with E-state index in [0.717, 1.165) is 30.4 Å². The lowest BCUT2D eigenvalue weighted by atomic mass is 10.1. The van der Waals surface area contributed by atoms with Crippen LogP contribution in [0.3, 0.4) is 0 Å². The van der Waals surface area contributed by atoms with E-state index >= 15 is 0 Å². The maximum Gasteiger partial charge on any atom is 0.243 e. The Morgan fingerprint density at radius 3 is 2.29 bits per heavy atom. The highest BCUT2D eigenvalue weighted by Gasteiger charge is 2.25. The van der Waals surface area contributed by atoms with Crippen LogP contribution in [0.15, 0.2) is 59.5 Å². The second-order valence-electron chi connectivity index (χ2n) is 7.31. The Hall–Kier alpha value is -2.18. The third kappa shape index (κ3) is 5.20. The highest BCUT2D eigenvalue weighted by molar-refractivity contribution is 7.89. The van der Waals surface area contributed by atoms with E-state index in [9.17, 15) is 13.2 Å². The number of nitrogens with zero attached hydrogens (tertiary/aromatic N) is 1. The summed E-state index contributed by atoms with van der Waals surface area (Å²) in [5, 5.41) is 3.00. The normalized spacial score (nSPS) is 16.5. The number of sulfonamides is 1. The first-order valence-electron chi connectivity index (χ1n) is 9.90. The van der Waals surface area contributed by atoms with Gasteiger partial charge in [-0.2, -0.15) is 4.31 Å².